The van der Waals surface area contributed by atoms with E-state index in [0.717, 1.165) is 27.8 Å². The first-order valence-corrected chi connectivity index (χ1v) is 13.7. The Balaban J connectivity index is 1.38. The fourth-order valence-corrected chi connectivity index (χ4v) is 4.85. The molecule has 1 aliphatic rings. The van der Waals surface area contributed by atoms with Crippen molar-refractivity contribution in [2.24, 2.45) is 0 Å². The van der Waals surface area contributed by atoms with Gasteiger partial charge in [-0.05, 0) is 33.9 Å². The summed E-state index contributed by atoms with van der Waals surface area (Å²) in [5, 5.41) is 11.3. The van der Waals surface area contributed by atoms with Crippen molar-refractivity contribution < 1.29 is 24.1 Å². The van der Waals surface area contributed by atoms with Crippen molar-refractivity contribution in [1.82, 2.24) is 0 Å². The summed E-state index contributed by atoms with van der Waals surface area (Å²) in [4.78, 5) is 0. The minimum absolute atomic E-state index is 0.308. The molecule has 1 aliphatic carbocycles. The van der Waals surface area contributed by atoms with Crippen molar-refractivity contribution >= 4 is 0 Å². The normalized spacial score (nSPS) is 20.7. The van der Waals surface area contributed by atoms with Crippen LogP contribution in [-0.4, -0.2) is 36.1 Å². The standard InChI is InChI=1S/C35H36O5/c36-32-21-31(26-37-22-27-13-5-1-6-14-27)33(38-23-28-15-7-2-8-16-28)35(40-25-30-19-11-4-12-20-30)34(32)39-24-29-17-9-3-10-18-29/h1-21,32-36H,22-26H2/t32-,33-,34-,35+/m1/s1. The Morgan fingerprint density at radius 2 is 0.850 bits per heavy atom. The van der Waals surface area contributed by atoms with Crippen LogP contribution in [-0.2, 0) is 45.4 Å². The first kappa shape index (κ1) is 28.0. The van der Waals surface area contributed by atoms with Crippen molar-refractivity contribution in [3.05, 3.63) is 155 Å². The third-order valence-electron chi connectivity index (χ3n) is 6.93. The molecular weight excluding hydrogens is 500 g/mol. The van der Waals surface area contributed by atoms with E-state index >= 15 is 0 Å². The Bertz CT molecular complexity index is 1290. The lowest BCUT2D eigenvalue weighted by molar-refractivity contribution is -0.173. The third-order valence-corrected chi connectivity index (χ3v) is 6.93. The zero-order valence-electron chi connectivity index (χ0n) is 22.5. The van der Waals surface area contributed by atoms with Crippen molar-refractivity contribution in [1.29, 1.82) is 0 Å². The number of hydrogen-bond acceptors (Lipinski definition) is 5. The van der Waals surface area contributed by atoms with E-state index in [1.165, 1.54) is 0 Å². The topological polar surface area (TPSA) is 57.2 Å². The smallest absolute Gasteiger partial charge is 0.117 e. The fraction of sp³-hybridized carbons (Fsp3) is 0.257. The van der Waals surface area contributed by atoms with Crippen LogP contribution < -0.4 is 0 Å². The minimum Gasteiger partial charge on any atom is -0.386 e. The highest BCUT2D eigenvalue weighted by atomic mass is 16.6. The average Bonchev–Trinajstić information content (AvgIpc) is 3.01. The lowest BCUT2D eigenvalue weighted by Gasteiger charge is -2.40. The zero-order valence-corrected chi connectivity index (χ0v) is 22.5. The lowest BCUT2D eigenvalue weighted by atomic mass is 9.89. The van der Waals surface area contributed by atoms with Crippen LogP contribution in [0.5, 0.6) is 0 Å². The molecule has 0 aromatic heterocycles. The van der Waals surface area contributed by atoms with Gasteiger partial charge in [-0.1, -0.05) is 121 Å². The van der Waals surface area contributed by atoms with Gasteiger partial charge in [-0.2, -0.15) is 0 Å². The van der Waals surface area contributed by atoms with Crippen molar-refractivity contribution in [2.45, 2.75) is 50.8 Å². The predicted molar refractivity (Wildman–Crippen MR) is 155 cm³/mol. The molecule has 0 amide bonds. The number of aliphatic hydroxyl groups is 1. The molecule has 5 heteroatoms. The van der Waals surface area contributed by atoms with Crippen LogP contribution in [0, 0.1) is 0 Å². The zero-order chi connectivity index (χ0) is 27.4. The summed E-state index contributed by atoms with van der Waals surface area (Å²) < 4.78 is 25.5. The van der Waals surface area contributed by atoms with Gasteiger partial charge in [0.1, 0.15) is 24.4 Å². The maximum Gasteiger partial charge on any atom is 0.117 e. The molecule has 4 aromatic carbocycles. The molecule has 5 nitrogen and oxygen atoms in total. The van der Waals surface area contributed by atoms with Crippen LogP contribution in [0.15, 0.2) is 133 Å². The monoisotopic (exact) mass is 536 g/mol. The number of benzene rings is 4. The van der Waals surface area contributed by atoms with Gasteiger partial charge >= 0.3 is 0 Å². The van der Waals surface area contributed by atoms with E-state index in [1.807, 2.05) is 127 Å². The van der Waals surface area contributed by atoms with Gasteiger partial charge in [-0.15, -0.1) is 0 Å². The largest absolute Gasteiger partial charge is 0.386 e. The van der Waals surface area contributed by atoms with E-state index in [4.69, 9.17) is 18.9 Å². The summed E-state index contributed by atoms with van der Waals surface area (Å²) >= 11 is 0. The molecule has 0 radical (unpaired) electrons. The van der Waals surface area contributed by atoms with Crippen LogP contribution in [0.2, 0.25) is 0 Å². The Hall–Kier alpha value is -3.58. The van der Waals surface area contributed by atoms with Gasteiger partial charge < -0.3 is 24.1 Å². The first-order valence-electron chi connectivity index (χ1n) is 13.7. The number of hydrogen-bond donors (Lipinski definition) is 1. The number of ether oxygens (including phenoxy) is 4. The molecule has 0 heterocycles. The summed E-state index contributed by atoms with van der Waals surface area (Å²) in [5.74, 6) is 0. The van der Waals surface area contributed by atoms with Gasteiger partial charge in [0.05, 0.1) is 33.0 Å². The van der Waals surface area contributed by atoms with Crippen molar-refractivity contribution in [3.8, 4) is 0 Å². The van der Waals surface area contributed by atoms with Gasteiger partial charge in [0.15, 0.2) is 0 Å². The van der Waals surface area contributed by atoms with Gasteiger partial charge in [0.2, 0.25) is 0 Å². The summed E-state index contributed by atoms with van der Waals surface area (Å²) in [6, 6.07) is 40.1. The van der Waals surface area contributed by atoms with E-state index in [2.05, 4.69) is 0 Å². The van der Waals surface area contributed by atoms with E-state index in [-0.39, 0.29) is 0 Å². The van der Waals surface area contributed by atoms with Crippen LogP contribution in [0.25, 0.3) is 0 Å². The van der Waals surface area contributed by atoms with Crippen molar-refractivity contribution in [2.75, 3.05) is 6.61 Å². The van der Waals surface area contributed by atoms with Crippen molar-refractivity contribution in [3.63, 3.8) is 0 Å². The Morgan fingerprint density at radius 1 is 0.450 bits per heavy atom. The van der Waals surface area contributed by atoms with Crippen LogP contribution >= 0.6 is 0 Å². The molecule has 0 unspecified atom stereocenters. The highest BCUT2D eigenvalue weighted by Crippen LogP contribution is 2.30. The Labute approximate surface area is 236 Å². The molecule has 0 spiro atoms. The maximum absolute atomic E-state index is 11.3. The second-order valence-electron chi connectivity index (χ2n) is 9.95. The Morgan fingerprint density at radius 3 is 1.32 bits per heavy atom. The van der Waals surface area contributed by atoms with E-state index in [1.54, 1.807) is 0 Å². The number of rotatable bonds is 13. The molecule has 4 atom stereocenters. The molecule has 0 fully saturated rings. The molecule has 0 saturated heterocycles. The third kappa shape index (κ3) is 7.98. The second kappa shape index (κ2) is 14.7. The van der Waals surface area contributed by atoms with Gasteiger partial charge in [0.25, 0.3) is 0 Å². The van der Waals surface area contributed by atoms with E-state index < -0.39 is 24.4 Å². The molecule has 0 saturated carbocycles. The van der Waals surface area contributed by atoms with E-state index in [0.29, 0.717) is 33.0 Å². The molecule has 0 aliphatic heterocycles. The fourth-order valence-electron chi connectivity index (χ4n) is 4.85. The van der Waals surface area contributed by atoms with Gasteiger partial charge in [-0.3, -0.25) is 0 Å². The summed E-state index contributed by atoms with van der Waals surface area (Å²) in [7, 11) is 0. The first-order chi connectivity index (χ1) is 19.8. The lowest BCUT2D eigenvalue weighted by Crippen LogP contribution is -2.52. The molecule has 206 valence electrons. The van der Waals surface area contributed by atoms with E-state index in [9.17, 15) is 5.11 Å². The van der Waals surface area contributed by atoms with Crippen LogP contribution in [0.1, 0.15) is 22.3 Å². The molecule has 1 N–H and O–H groups in total. The molecule has 4 aromatic rings. The molecular formula is C35H36O5. The molecule has 0 bridgehead atoms. The van der Waals surface area contributed by atoms with Gasteiger partial charge in [0, 0.05) is 0 Å². The Kier molecular flexibility index (Phi) is 10.3. The number of aliphatic hydroxyl groups excluding tert-OH is 1. The maximum atomic E-state index is 11.3. The quantitative estimate of drug-likeness (QED) is 0.204. The highest BCUT2D eigenvalue weighted by molar-refractivity contribution is 5.24. The summed E-state index contributed by atoms with van der Waals surface area (Å²) in [5.41, 5.74) is 5.05. The average molecular weight is 537 g/mol. The molecule has 40 heavy (non-hydrogen) atoms. The predicted octanol–water partition coefficient (Wildman–Crippen LogP) is 6.26. The second-order valence-corrected chi connectivity index (χ2v) is 9.95. The van der Waals surface area contributed by atoms with Gasteiger partial charge in [-0.25, -0.2) is 0 Å². The SMILES string of the molecule is O[C@@H]1C=C(COCc2ccccc2)[C@@H](OCc2ccccc2)[C@H](OCc2ccccc2)[C@@H]1OCc1ccccc1. The highest BCUT2D eigenvalue weighted by Gasteiger charge is 2.42. The van der Waals surface area contributed by atoms with Crippen LogP contribution in [0.4, 0.5) is 0 Å². The van der Waals surface area contributed by atoms with Crippen LogP contribution in [0.3, 0.4) is 0 Å². The molecule has 5 rings (SSSR count). The summed E-state index contributed by atoms with van der Waals surface area (Å²) in [6.07, 6.45) is -0.704. The minimum atomic E-state index is -0.878. The summed E-state index contributed by atoms with van der Waals surface area (Å²) in [6.45, 7) is 1.89.